The molecule has 7 heteroatoms. The van der Waals surface area contributed by atoms with E-state index in [0.29, 0.717) is 24.6 Å². The van der Waals surface area contributed by atoms with E-state index in [2.05, 4.69) is 15.7 Å². The third-order valence-corrected chi connectivity index (χ3v) is 3.57. The van der Waals surface area contributed by atoms with Gasteiger partial charge < -0.3 is 19.8 Å². The summed E-state index contributed by atoms with van der Waals surface area (Å²) in [6.45, 7) is 2.73. The van der Waals surface area contributed by atoms with E-state index in [-0.39, 0.29) is 6.03 Å². The third-order valence-electron chi connectivity index (χ3n) is 3.57. The lowest BCUT2D eigenvalue weighted by molar-refractivity contribution is 0.251. The van der Waals surface area contributed by atoms with Crippen LogP contribution in [0.1, 0.15) is 12.6 Å². The summed E-state index contributed by atoms with van der Waals surface area (Å²) in [7, 11) is 1.83. The van der Waals surface area contributed by atoms with E-state index >= 15 is 0 Å². The van der Waals surface area contributed by atoms with Crippen LogP contribution >= 0.6 is 0 Å². The fourth-order valence-electron chi connectivity index (χ4n) is 2.46. The summed E-state index contributed by atoms with van der Waals surface area (Å²) >= 11 is 0. The molecule has 130 valence electrons. The number of benzene rings is 1. The number of hydrogen-bond donors (Lipinski definition) is 2. The van der Waals surface area contributed by atoms with E-state index in [1.54, 1.807) is 17.0 Å². The first-order valence-electron chi connectivity index (χ1n) is 8.01. The van der Waals surface area contributed by atoms with Gasteiger partial charge in [-0.1, -0.05) is 12.1 Å². The minimum absolute atomic E-state index is 0.303. The van der Waals surface area contributed by atoms with Crippen molar-refractivity contribution in [3.63, 3.8) is 0 Å². The highest BCUT2D eigenvalue weighted by atomic mass is 16.5. The highest BCUT2D eigenvalue weighted by Gasteiger charge is 2.11. The number of carbonyl (C=O) groups excluding carboxylic acids is 1. The maximum Gasteiger partial charge on any atom is 0.319 e. The molecule has 0 aliphatic heterocycles. The summed E-state index contributed by atoms with van der Waals surface area (Å²) in [4.78, 5) is 12.1. The van der Waals surface area contributed by atoms with Gasteiger partial charge in [-0.2, -0.15) is 5.10 Å². The minimum Gasteiger partial charge on any atom is -0.492 e. The Hall–Kier alpha value is -3.22. The van der Waals surface area contributed by atoms with Crippen molar-refractivity contribution in [2.24, 2.45) is 7.05 Å². The fourth-order valence-corrected chi connectivity index (χ4v) is 2.46. The Balaban J connectivity index is 1.61. The van der Waals surface area contributed by atoms with Gasteiger partial charge in [-0.3, -0.25) is 4.68 Å². The summed E-state index contributed by atoms with van der Waals surface area (Å²) in [6.07, 6.45) is 1.61. The molecule has 2 heterocycles. The number of nitrogens with zero attached hydrogens (tertiary/aromatic N) is 2. The smallest absolute Gasteiger partial charge is 0.319 e. The predicted molar refractivity (Wildman–Crippen MR) is 94.4 cm³/mol. The third kappa shape index (κ3) is 4.00. The van der Waals surface area contributed by atoms with E-state index in [9.17, 15) is 4.79 Å². The van der Waals surface area contributed by atoms with E-state index in [1.165, 1.54) is 0 Å². The average Bonchev–Trinajstić information content (AvgIpc) is 3.24. The molecule has 1 aromatic carbocycles. The molecule has 0 unspecified atom stereocenters. The van der Waals surface area contributed by atoms with Crippen molar-refractivity contribution in [1.29, 1.82) is 0 Å². The predicted octanol–water partition coefficient (Wildman–Crippen LogP) is 3.40. The summed E-state index contributed by atoms with van der Waals surface area (Å²) < 4.78 is 12.6. The normalized spacial score (nSPS) is 10.5. The van der Waals surface area contributed by atoms with Crippen LogP contribution in [0.3, 0.4) is 0 Å². The van der Waals surface area contributed by atoms with Crippen LogP contribution in [-0.2, 0) is 13.6 Å². The largest absolute Gasteiger partial charge is 0.492 e. The van der Waals surface area contributed by atoms with Gasteiger partial charge >= 0.3 is 6.03 Å². The number of urea groups is 1. The van der Waals surface area contributed by atoms with Gasteiger partial charge in [0.25, 0.3) is 0 Å². The molecule has 2 N–H and O–H groups in total. The van der Waals surface area contributed by atoms with Gasteiger partial charge in [0, 0.05) is 7.05 Å². The molecule has 0 saturated carbocycles. The van der Waals surface area contributed by atoms with E-state index < -0.39 is 0 Å². The zero-order valence-electron chi connectivity index (χ0n) is 14.2. The lowest BCUT2D eigenvalue weighted by atomic mass is 10.3. The number of para-hydroxylation sites is 2. The van der Waals surface area contributed by atoms with E-state index in [0.717, 1.165) is 17.1 Å². The van der Waals surface area contributed by atoms with Crippen LogP contribution < -0.4 is 15.4 Å². The molecule has 2 aromatic heterocycles. The molecule has 0 saturated heterocycles. The highest BCUT2D eigenvalue weighted by molar-refractivity contribution is 5.90. The number of furan rings is 1. The summed E-state index contributed by atoms with van der Waals surface area (Å²) in [5, 5.41) is 9.96. The lowest BCUT2D eigenvalue weighted by Crippen LogP contribution is -2.28. The second-order valence-electron chi connectivity index (χ2n) is 5.36. The molecular formula is C18H20N4O3. The van der Waals surface area contributed by atoms with Crippen LogP contribution in [0.5, 0.6) is 5.75 Å². The van der Waals surface area contributed by atoms with E-state index in [1.807, 2.05) is 50.4 Å². The summed E-state index contributed by atoms with van der Waals surface area (Å²) in [5.41, 5.74) is 2.21. The lowest BCUT2D eigenvalue weighted by Gasteiger charge is -2.11. The van der Waals surface area contributed by atoms with Crippen LogP contribution in [0.2, 0.25) is 0 Å². The zero-order chi connectivity index (χ0) is 17.6. The maximum absolute atomic E-state index is 12.1. The molecule has 2 amide bonds. The monoisotopic (exact) mass is 340 g/mol. The second-order valence-corrected chi connectivity index (χ2v) is 5.36. The number of aromatic nitrogens is 2. The Morgan fingerprint density at radius 3 is 2.88 bits per heavy atom. The molecule has 0 radical (unpaired) electrons. The zero-order valence-corrected chi connectivity index (χ0v) is 14.2. The second kappa shape index (κ2) is 7.57. The number of ether oxygens (including phenoxy) is 1. The molecule has 0 bridgehead atoms. The Bertz CT molecular complexity index is 840. The van der Waals surface area contributed by atoms with Gasteiger partial charge in [-0.05, 0) is 37.3 Å². The molecule has 3 rings (SSSR count). The van der Waals surface area contributed by atoms with Crippen LogP contribution in [0.25, 0.3) is 11.5 Å². The number of anilines is 1. The van der Waals surface area contributed by atoms with E-state index in [4.69, 9.17) is 9.15 Å². The van der Waals surface area contributed by atoms with Crippen molar-refractivity contribution in [2.45, 2.75) is 13.5 Å². The molecule has 0 spiro atoms. The van der Waals surface area contributed by atoms with Gasteiger partial charge in [-0.25, -0.2) is 4.79 Å². The van der Waals surface area contributed by atoms with Crippen molar-refractivity contribution >= 4 is 11.7 Å². The van der Waals surface area contributed by atoms with Crippen molar-refractivity contribution in [3.05, 3.63) is 54.4 Å². The number of aryl methyl sites for hydroxylation is 1. The Morgan fingerprint density at radius 1 is 1.28 bits per heavy atom. The Kier molecular flexibility index (Phi) is 5.03. The number of rotatable bonds is 6. The first-order valence-corrected chi connectivity index (χ1v) is 8.01. The number of amides is 2. The topological polar surface area (TPSA) is 81.3 Å². The van der Waals surface area contributed by atoms with Gasteiger partial charge in [0.1, 0.15) is 11.4 Å². The molecule has 3 aromatic rings. The van der Waals surface area contributed by atoms with Crippen molar-refractivity contribution < 1.29 is 13.9 Å². The van der Waals surface area contributed by atoms with Crippen molar-refractivity contribution in [3.8, 4) is 17.2 Å². The number of carbonyl (C=O) groups is 1. The molecule has 0 aliphatic carbocycles. The Labute approximate surface area is 145 Å². The van der Waals surface area contributed by atoms with Gasteiger partial charge in [-0.15, -0.1) is 0 Å². The SMILES string of the molecule is CCOc1ccccc1NC(=O)NCc1cc(-c2ccco2)n(C)n1. The standard InChI is InChI=1S/C18H20N4O3/c1-3-24-16-8-5-4-7-14(16)20-18(23)19-12-13-11-15(22(2)21-13)17-9-6-10-25-17/h4-11H,3,12H2,1-2H3,(H2,19,20,23). The average molecular weight is 340 g/mol. The molecule has 0 atom stereocenters. The quantitative estimate of drug-likeness (QED) is 0.720. The van der Waals surface area contributed by atoms with Gasteiger partial charge in [0.05, 0.1) is 30.8 Å². The van der Waals surface area contributed by atoms with Crippen molar-refractivity contribution in [1.82, 2.24) is 15.1 Å². The summed E-state index contributed by atoms with van der Waals surface area (Å²) in [5.74, 6) is 1.37. The number of hydrogen-bond acceptors (Lipinski definition) is 4. The summed E-state index contributed by atoms with van der Waals surface area (Å²) in [6, 6.07) is 12.6. The molecule has 25 heavy (non-hydrogen) atoms. The highest BCUT2D eigenvalue weighted by Crippen LogP contribution is 2.23. The molecule has 7 nitrogen and oxygen atoms in total. The van der Waals surface area contributed by atoms with Crippen LogP contribution in [0, 0.1) is 0 Å². The molecular weight excluding hydrogens is 320 g/mol. The van der Waals surface area contributed by atoms with Crippen molar-refractivity contribution in [2.75, 3.05) is 11.9 Å². The fraction of sp³-hybridized carbons (Fsp3) is 0.222. The van der Waals surface area contributed by atoms with Crippen LogP contribution in [-0.4, -0.2) is 22.4 Å². The van der Waals surface area contributed by atoms with Gasteiger partial charge in [0.2, 0.25) is 0 Å². The molecule has 0 aliphatic rings. The molecule has 0 fully saturated rings. The van der Waals surface area contributed by atoms with Crippen LogP contribution in [0.4, 0.5) is 10.5 Å². The minimum atomic E-state index is -0.322. The first-order chi connectivity index (χ1) is 12.2. The van der Waals surface area contributed by atoms with Crippen LogP contribution in [0.15, 0.2) is 53.1 Å². The van der Waals surface area contributed by atoms with Gasteiger partial charge in [0.15, 0.2) is 5.76 Å². The Morgan fingerprint density at radius 2 is 2.12 bits per heavy atom. The maximum atomic E-state index is 12.1. The number of nitrogens with one attached hydrogen (secondary N) is 2. The first kappa shape index (κ1) is 16.6.